The maximum absolute atomic E-state index is 15.2. The smallest absolute Gasteiger partial charge is 0.303 e. The Bertz CT molecular complexity index is 1780. The van der Waals surface area contributed by atoms with E-state index in [1.807, 2.05) is 46.4 Å². The second kappa shape index (κ2) is 15.6. The number of halogens is 1. The molecule has 14 heteroatoms. The van der Waals surface area contributed by atoms with Crippen molar-refractivity contribution in [1.29, 1.82) is 0 Å². The van der Waals surface area contributed by atoms with E-state index in [0.29, 0.717) is 51.9 Å². The number of carbonyl (C=O) groups is 5. The molecule has 0 aromatic carbocycles. The molecular formula is C44H70FN5O7S. The van der Waals surface area contributed by atoms with Gasteiger partial charge in [0, 0.05) is 50.4 Å². The molecule has 3 aliphatic heterocycles. The van der Waals surface area contributed by atoms with Gasteiger partial charge in [-0.1, -0.05) is 74.3 Å². The SMILES string of the molecule is C=C[C@@H]1C[C@]1(CC(=O)[C@@H]1C[C@@]2(CN1C(=O)[C@@H](CC(=O)[C@@H](NC(=O)[C@@H]1CCCCN1CCF)C(C)(C)C)C(C)(C)C)C(C)(C)C21CCC1)C(=O)NS(=O)(=O)N1CCCC1. The second-order valence-electron chi connectivity index (χ2n) is 21.3. The van der Waals surface area contributed by atoms with Crippen LogP contribution in [0.3, 0.4) is 0 Å². The topological polar surface area (TPSA) is 153 Å². The van der Waals surface area contributed by atoms with E-state index >= 15 is 4.79 Å². The van der Waals surface area contributed by atoms with Crippen LogP contribution in [-0.2, 0) is 34.2 Å². The minimum Gasteiger partial charge on any atom is -0.344 e. The first-order valence-corrected chi connectivity index (χ1v) is 23.3. The highest BCUT2D eigenvalue weighted by atomic mass is 32.2. The molecule has 58 heavy (non-hydrogen) atoms. The number of allylic oxidation sites excluding steroid dienone is 1. The predicted molar refractivity (Wildman–Crippen MR) is 220 cm³/mol. The Kier molecular flexibility index (Phi) is 12.1. The van der Waals surface area contributed by atoms with Crippen molar-refractivity contribution >= 4 is 39.5 Å². The van der Waals surface area contributed by atoms with E-state index in [-0.39, 0.29) is 71.4 Å². The summed E-state index contributed by atoms with van der Waals surface area (Å²) in [5, 5.41) is 3.03. The van der Waals surface area contributed by atoms with Crippen molar-refractivity contribution < 1.29 is 36.8 Å². The van der Waals surface area contributed by atoms with Gasteiger partial charge in [0.25, 0.3) is 0 Å². The molecule has 6 rings (SSSR count). The Hall–Kier alpha value is -2.71. The van der Waals surface area contributed by atoms with Gasteiger partial charge in [-0.15, -0.1) is 6.58 Å². The van der Waals surface area contributed by atoms with Crippen molar-refractivity contribution in [3.8, 4) is 0 Å². The predicted octanol–water partition coefficient (Wildman–Crippen LogP) is 5.37. The van der Waals surface area contributed by atoms with Crippen LogP contribution in [0.2, 0.25) is 0 Å². The fourth-order valence-electron chi connectivity index (χ4n) is 11.9. The average Bonchev–Trinajstić information content (AvgIpc) is 3.58. The quantitative estimate of drug-likeness (QED) is 0.209. The first-order valence-electron chi connectivity index (χ1n) is 21.8. The monoisotopic (exact) mass is 831 g/mol. The molecule has 2 N–H and O–H groups in total. The zero-order valence-electron chi connectivity index (χ0n) is 36.4. The highest BCUT2D eigenvalue weighted by molar-refractivity contribution is 7.87. The zero-order chi connectivity index (χ0) is 42.9. The Morgan fingerprint density at radius 2 is 1.52 bits per heavy atom. The third kappa shape index (κ3) is 7.62. The van der Waals surface area contributed by atoms with E-state index < -0.39 is 63.1 Å². The Morgan fingerprint density at radius 1 is 0.879 bits per heavy atom. The van der Waals surface area contributed by atoms with E-state index in [2.05, 4.69) is 30.5 Å². The molecule has 0 unspecified atom stereocenters. The first-order chi connectivity index (χ1) is 26.9. The molecule has 12 nitrogen and oxygen atoms in total. The molecule has 7 atom stereocenters. The largest absolute Gasteiger partial charge is 0.344 e. The summed E-state index contributed by atoms with van der Waals surface area (Å²) in [5.74, 6) is -3.07. The van der Waals surface area contributed by atoms with E-state index in [1.165, 1.54) is 4.31 Å². The number of alkyl halides is 1. The van der Waals surface area contributed by atoms with Gasteiger partial charge < -0.3 is 10.2 Å². The van der Waals surface area contributed by atoms with Gasteiger partial charge in [0.1, 0.15) is 6.67 Å². The third-order valence-electron chi connectivity index (χ3n) is 16.0. The summed E-state index contributed by atoms with van der Waals surface area (Å²) in [7, 11) is -4.08. The van der Waals surface area contributed by atoms with Crippen LogP contribution in [0.4, 0.5) is 4.39 Å². The molecule has 3 aliphatic carbocycles. The van der Waals surface area contributed by atoms with Crippen LogP contribution >= 0.6 is 0 Å². The molecule has 0 bridgehead atoms. The molecule has 0 aromatic heterocycles. The molecule has 0 radical (unpaired) electrons. The molecule has 0 aromatic rings. The fourth-order valence-corrected chi connectivity index (χ4v) is 13.2. The lowest BCUT2D eigenvalue weighted by atomic mass is 9.73. The van der Waals surface area contributed by atoms with Crippen LogP contribution in [0, 0.1) is 44.3 Å². The van der Waals surface area contributed by atoms with Gasteiger partial charge in [-0.05, 0) is 85.5 Å². The van der Waals surface area contributed by atoms with Crippen LogP contribution in [0.1, 0.15) is 132 Å². The van der Waals surface area contributed by atoms with Crippen molar-refractivity contribution in [1.82, 2.24) is 24.1 Å². The van der Waals surface area contributed by atoms with Gasteiger partial charge in [-0.3, -0.25) is 28.9 Å². The molecule has 326 valence electrons. The number of Topliss-reactive ketones (excluding diaryl/α,β-unsaturated/α-hetero) is 2. The Labute approximate surface area is 346 Å². The average molecular weight is 832 g/mol. The van der Waals surface area contributed by atoms with Crippen LogP contribution in [-0.4, -0.2) is 109 Å². The van der Waals surface area contributed by atoms with Gasteiger partial charge in [0.15, 0.2) is 11.6 Å². The summed E-state index contributed by atoms with van der Waals surface area (Å²) < 4.78 is 43.3. The number of hydrogen-bond donors (Lipinski definition) is 2. The summed E-state index contributed by atoms with van der Waals surface area (Å²) in [5.41, 5.74) is -3.10. The number of nitrogens with zero attached hydrogens (tertiary/aromatic N) is 3. The Balaban J connectivity index is 1.26. The number of amides is 3. The number of ketones is 2. The van der Waals surface area contributed by atoms with Gasteiger partial charge >= 0.3 is 10.2 Å². The van der Waals surface area contributed by atoms with Crippen molar-refractivity contribution in [3.63, 3.8) is 0 Å². The van der Waals surface area contributed by atoms with Crippen LogP contribution in [0.25, 0.3) is 0 Å². The molecule has 3 saturated heterocycles. The lowest BCUT2D eigenvalue weighted by Crippen LogP contribution is -2.57. The summed E-state index contributed by atoms with van der Waals surface area (Å²) >= 11 is 0. The summed E-state index contributed by atoms with van der Waals surface area (Å²) in [6, 6.07) is -2.28. The lowest BCUT2D eigenvalue weighted by Gasteiger charge is -2.39. The van der Waals surface area contributed by atoms with E-state index in [1.54, 1.807) is 11.0 Å². The Morgan fingerprint density at radius 3 is 2.03 bits per heavy atom. The fraction of sp³-hybridized carbons (Fsp3) is 0.841. The highest BCUT2D eigenvalue weighted by Gasteiger charge is 2.85. The summed E-state index contributed by atoms with van der Waals surface area (Å²) in [6.07, 6.45) is 8.81. The zero-order valence-corrected chi connectivity index (χ0v) is 37.2. The number of piperidine rings is 1. The number of rotatable bonds is 15. The van der Waals surface area contributed by atoms with Gasteiger partial charge in [0.2, 0.25) is 17.7 Å². The van der Waals surface area contributed by atoms with Crippen molar-refractivity contribution in [2.24, 2.45) is 44.3 Å². The summed E-state index contributed by atoms with van der Waals surface area (Å²) in [4.78, 5) is 75.8. The van der Waals surface area contributed by atoms with Gasteiger partial charge in [-0.2, -0.15) is 12.7 Å². The van der Waals surface area contributed by atoms with Crippen LogP contribution < -0.4 is 10.0 Å². The molecule has 6 aliphatic rings. The van der Waals surface area contributed by atoms with Gasteiger partial charge in [-0.25, -0.2) is 9.11 Å². The lowest BCUT2D eigenvalue weighted by molar-refractivity contribution is -0.147. The van der Waals surface area contributed by atoms with Crippen molar-refractivity contribution in [2.75, 3.05) is 39.4 Å². The molecule has 2 spiro atoms. The molecule has 6 fully saturated rings. The normalized spacial score (nSPS) is 31.7. The van der Waals surface area contributed by atoms with E-state index in [4.69, 9.17) is 0 Å². The number of likely N-dealkylation sites (tertiary alicyclic amines) is 2. The molecule has 3 heterocycles. The highest BCUT2D eigenvalue weighted by Crippen LogP contribution is 2.88. The second-order valence-corrected chi connectivity index (χ2v) is 23.0. The molecule has 3 amide bonds. The standard InChI is InChI=1S/C44H70FN5O7S/c1-10-29-25-42(29,38(55)47-58(56,57)49-21-13-14-22-49)27-34(52)32-26-44(41(8,9)43(44)17-15-18-43)28-50(32)37(54)30(39(2,3)4)24-33(51)35(40(5,6)7)46-36(53)31-16-11-12-20-48(31)23-19-45/h10,29-32,35H,1,11-28H2,2-9H3,(H,46,53)(H,47,55)/t29-,30-,31+,32+,35-,42-,44-/m1/s1. The third-order valence-corrected chi connectivity index (χ3v) is 17.5. The van der Waals surface area contributed by atoms with Crippen molar-refractivity contribution in [3.05, 3.63) is 12.7 Å². The van der Waals surface area contributed by atoms with Crippen LogP contribution in [0.5, 0.6) is 0 Å². The van der Waals surface area contributed by atoms with E-state index in [0.717, 1.165) is 32.1 Å². The maximum atomic E-state index is 15.2. The number of hydrogen-bond acceptors (Lipinski definition) is 8. The summed E-state index contributed by atoms with van der Waals surface area (Å²) in [6.45, 7) is 21.0. The first kappa shape index (κ1) is 44.8. The number of fused-ring (bicyclic) bond motifs is 1. The van der Waals surface area contributed by atoms with Gasteiger partial charge in [0.05, 0.1) is 23.5 Å². The minimum atomic E-state index is -4.08. The van der Waals surface area contributed by atoms with Crippen LogP contribution in [0.15, 0.2) is 12.7 Å². The number of carbonyl (C=O) groups excluding carboxylic acids is 5. The minimum absolute atomic E-state index is 0.000521. The van der Waals surface area contributed by atoms with E-state index in [9.17, 15) is 32.0 Å². The number of nitrogens with one attached hydrogen (secondary N) is 2. The van der Waals surface area contributed by atoms with Crippen molar-refractivity contribution in [2.45, 2.75) is 151 Å². The molecular weight excluding hydrogens is 762 g/mol. The maximum Gasteiger partial charge on any atom is 0.303 e. The molecule has 3 saturated carbocycles.